The fourth-order valence-corrected chi connectivity index (χ4v) is 3.19. The first kappa shape index (κ1) is 15.1. The van der Waals surface area contributed by atoms with Crippen LogP contribution in [0.15, 0.2) is 29.6 Å². The molecule has 2 aromatic rings. The summed E-state index contributed by atoms with van der Waals surface area (Å²) in [5.74, 6) is -0.358. The maximum atomic E-state index is 13.2. The van der Waals surface area contributed by atoms with E-state index in [1.54, 1.807) is 12.1 Å². The quantitative estimate of drug-likeness (QED) is 0.910. The molecule has 1 aliphatic heterocycles. The van der Waals surface area contributed by atoms with Crippen LogP contribution in [-0.2, 0) is 9.53 Å². The van der Waals surface area contributed by atoms with Crippen molar-refractivity contribution in [3.8, 4) is 11.3 Å². The number of amides is 1. The van der Waals surface area contributed by atoms with Crippen LogP contribution in [0.3, 0.4) is 0 Å². The lowest BCUT2D eigenvalue weighted by molar-refractivity contribution is -0.116. The Morgan fingerprint density at radius 3 is 3.18 bits per heavy atom. The van der Waals surface area contributed by atoms with E-state index in [-0.39, 0.29) is 17.8 Å². The lowest BCUT2D eigenvalue weighted by Crippen LogP contribution is -2.15. The average Bonchev–Trinajstić information content (AvgIpc) is 3.16. The molecular formula is C16H17FN2O2S. The summed E-state index contributed by atoms with van der Waals surface area (Å²) in [6.07, 6.45) is 3.50. The highest BCUT2D eigenvalue weighted by Crippen LogP contribution is 2.25. The lowest BCUT2D eigenvalue weighted by atomic mass is 10.1. The monoisotopic (exact) mass is 320 g/mol. The molecule has 3 rings (SSSR count). The number of benzene rings is 1. The molecule has 0 aliphatic carbocycles. The van der Waals surface area contributed by atoms with Gasteiger partial charge >= 0.3 is 0 Å². The van der Waals surface area contributed by atoms with Crippen molar-refractivity contribution < 1.29 is 13.9 Å². The fourth-order valence-electron chi connectivity index (χ4n) is 2.46. The first-order chi connectivity index (χ1) is 10.7. The number of aromatic nitrogens is 1. The summed E-state index contributed by atoms with van der Waals surface area (Å²) in [6, 6.07) is 6.26. The summed E-state index contributed by atoms with van der Waals surface area (Å²) < 4.78 is 18.7. The smallest absolute Gasteiger partial charge is 0.226 e. The van der Waals surface area contributed by atoms with Crippen LogP contribution in [0.25, 0.3) is 11.3 Å². The molecule has 0 saturated carbocycles. The molecule has 0 radical (unpaired) electrons. The molecule has 22 heavy (non-hydrogen) atoms. The number of hydrogen-bond donors (Lipinski definition) is 1. The Labute approximate surface area is 132 Å². The largest absolute Gasteiger partial charge is 0.378 e. The summed E-state index contributed by atoms with van der Waals surface area (Å²) in [5, 5.41) is 5.14. The van der Waals surface area contributed by atoms with Gasteiger partial charge in [-0.3, -0.25) is 4.79 Å². The number of nitrogens with one attached hydrogen (secondary N) is 1. The van der Waals surface area contributed by atoms with Crippen molar-refractivity contribution in [3.05, 3.63) is 35.5 Å². The zero-order valence-corrected chi connectivity index (χ0v) is 12.9. The molecule has 2 heterocycles. The van der Waals surface area contributed by atoms with Gasteiger partial charge < -0.3 is 10.1 Å². The van der Waals surface area contributed by atoms with Gasteiger partial charge in [-0.15, -0.1) is 11.3 Å². The van der Waals surface area contributed by atoms with Gasteiger partial charge in [-0.05, 0) is 31.4 Å². The zero-order valence-electron chi connectivity index (χ0n) is 12.0. The SMILES string of the molecule is O=C(CC[C@@H]1CCCO1)Nc1nc(-c2cccc(F)c2)cs1. The minimum Gasteiger partial charge on any atom is -0.378 e. The van der Waals surface area contributed by atoms with E-state index in [2.05, 4.69) is 10.3 Å². The van der Waals surface area contributed by atoms with Crippen molar-refractivity contribution >= 4 is 22.4 Å². The van der Waals surface area contributed by atoms with Crippen LogP contribution in [0.2, 0.25) is 0 Å². The molecule has 1 saturated heterocycles. The van der Waals surface area contributed by atoms with E-state index < -0.39 is 0 Å². The van der Waals surface area contributed by atoms with E-state index in [4.69, 9.17) is 4.74 Å². The predicted octanol–water partition coefficient (Wildman–Crippen LogP) is 3.85. The maximum Gasteiger partial charge on any atom is 0.226 e. The highest BCUT2D eigenvalue weighted by molar-refractivity contribution is 7.14. The molecule has 1 fully saturated rings. The van der Waals surface area contributed by atoms with E-state index in [9.17, 15) is 9.18 Å². The number of halogens is 1. The third-order valence-electron chi connectivity index (χ3n) is 3.59. The molecule has 0 spiro atoms. The van der Waals surface area contributed by atoms with Gasteiger partial charge in [-0.25, -0.2) is 9.37 Å². The highest BCUT2D eigenvalue weighted by atomic mass is 32.1. The van der Waals surface area contributed by atoms with Gasteiger partial charge in [-0.2, -0.15) is 0 Å². The summed E-state index contributed by atoms with van der Waals surface area (Å²) in [4.78, 5) is 16.2. The Morgan fingerprint density at radius 1 is 1.50 bits per heavy atom. The fraction of sp³-hybridized carbons (Fsp3) is 0.375. The number of carbonyl (C=O) groups is 1. The van der Waals surface area contributed by atoms with Gasteiger partial charge in [0.15, 0.2) is 5.13 Å². The molecule has 1 aromatic carbocycles. The Hall–Kier alpha value is -1.79. The number of hydrogen-bond acceptors (Lipinski definition) is 4. The number of thiazole rings is 1. The molecular weight excluding hydrogens is 303 g/mol. The van der Waals surface area contributed by atoms with Crippen molar-refractivity contribution in [3.63, 3.8) is 0 Å². The van der Waals surface area contributed by atoms with Gasteiger partial charge in [0.05, 0.1) is 11.8 Å². The molecule has 4 nitrogen and oxygen atoms in total. The second-order valence-corrected chi connectivity index (χ2v) is 6.13. The van der Waals surface area contributed by atoms with Gasteiger partial charge in [0.1, 0.15) is 5.82 Å². The first-order valence-corrected chi connectivity index (χ1v) is 8.21. The van der Waals surface area contributed by atoms with Gasteiger partial charge in [0.25, 0.3) is 0 Å². The lowest BCUT2D eigenvalue weighted by Gasteiger charge is -2.08. The number of carbonyl (C=O) groups excluding carboxylic acids is 1. The second kappa shape index (κ2) is 6.98. The van der Waals surface area contributed by atoms with Crippen LogP contribution in [0, 0.1) is 5.82 Å². The third kappa shape index (κ3) is 3.90. The Balaban J connectivity index is 1.55. The number of rotatable bonds is 5. The van der Waals surface area contributed by atoms with Crippen LogP contribution in [0.4, 0.5) is 9.52 Å². The Kier molecular flexibility index (Phi) is 4.80. The minimum atomic E-state index is -0.298. The van der Waals surface area contributed by atoms with Crippen LogP contribution in [0.5, 0.6) is 0 Å². The Morgan fingerprint density at radius 2 is 2.41 bits per heavy atom. The molecule has 1 atom stereocenters. The van der Waals surface area contributed by atoms with Gasteiger partial charge in [0.2, 0.25) is 5.91 Å². The van der Waals surface area contributed by atoms with E-state index in [1.807, 2.05) is 5.38 Å². The molecule has 1 amide bonds. The molecule has 116 valence electrons. The highest BCUT2D eigenvalue weighted by Gasteiger charge is 2.17. The number of ether oxygens (including phenoxy) is 1. The van der Waals surface area contributed by atoms with Crippen LogP contribution < -0.4 is 5.32 Å². The standard InChI is InChI=1S/C16H17FN2O2S/c17-12-4-1-3-11(9-12)14-10-22-16(18-14)19-15(20)7-6-13-5-2-8-21-13/h1,3-4,9-10,13H,2,5-8H2,(H,18,19,20)/t13-/m0/s1. The van der Waals surface area contributed by atoms with Gasteiger partial charge in [0, 0.05) is 24.0 Å². The normalized spacial score (nSPS) is 17.6. The average molecular weight is 320 g/mol. The van der Waals surface area contributed by atoms with E-state index in [0.29, 0.717) is 22.8 Å². The van der Waals surface area contributed by atoms with Gasteiger partial charge in [-0.1, -0.05) is 12.1 Å². The summed E-state index contributed by atoms with van der Waals surface area (Å²) in [5.41, 5.74) is 1.37. The van der Waals surface area contributed by atoms with E-state index in [0.717, 1.165) is 25.9 Å². The molecule has 1 N–H and O–H groups in total. The molecule has 1 aromatic heterocycles. The van der Waals surface area contributed by atoms with Crippen molar-refractivity contribution in [2.75, 3.05) is 11.9 Å². The molecule has 1 aliphatic rings. The molecule has 0 unspecified atom stereocenters. The number of nitrogens with zero attached hydrogens (tertiary/aromatic N) is 1. The van der Waals surface area contributed by atoms with Crippen molar-refractivity contribution in [2.24, 2.45) is 0 Å². The predicted molar refractivity (Wildman–Crippen MR) is 84.3 cm³/mol. The van der Waals surface area contributed by atoms with Crippen LogP contribution >= 0.6 is 11.3 Å². The van der Waals surface area contributed by atoms with Crippen molar-refractivity contribution in [1.82, 2.24) is 4.98 Å². The molecule has 0 bridgehead atoms. The van der Waals surface area contributed by atoms with Crippen LogP contribution in [0.1, 0.15) is 25.7 Å². The topological polar surface area (TPSA) is 51.2 Å². The second-order valence-electron chi connectivity index (χ2n) is 5.27. The van der Waals surface area contributed by atoms with Crippen molar-refractivity contribution in [1.29, 1.82) is 0 Å². The summed E-state index contributed by atoms with van der Waals surface area (Å²) in [7, 11) is 0. The minimum absolute atomic E-state index is 0.0596. The Bertz CT molecular complexity index is 653. The third-order valence-corrected chi connectivity index (χ3v) is 4.35. The van der Waals surface area contributed by atoms with E-state index >= 15 is 0 Å². The molecule has 6 heteroatoms. The maximum absolute atomic E-state index is 13.2. The number of anilines is 1. The van der Waals surface area contributed by atoms with Crippen LogP contribution in [-0.4, -0.2) is 23.6 Å². The van der Waals surface area contributed by atoms with Crippen molar-refractivity contribution in [2.45, 2.75) is 31.8 Å². The summed E-state index contributed by atoms with van der Waals surface area (Å²) in [6.45, 7) is 0.801. The zero-order chi connectivity index (χ0) is 15.4. The summed E-state index contributed by atoms with van der Waals surface area (Å²) >= 11 is 1.34. The van der Waals surface area contributed by atoms with E-state index in [1.165, 1.54) is 23.5 Å². The first-order valence-electron chi connectivity index (χ1n) is 7.33.